The van der Waals surface area contributed by atoms with Gasteiger partial charge in [-0.05, 0) is 38.0 Å². The molecule has 0 aliphatic heterocycles. The maximum absolute atomic E-state index is 9.75. The van der Waals surface area contributed by atoms with E-state index >= 15 is 0 Å². The van der Waals surface area contributed by atoms with E-state index in [2.05, 4.69) is 23.4 Å². The predicted octanol–water partition coefficient (Wildman–Crippen LogP) is 3.49. The second kappa shape index (κ2) is 6.57. The van der Waals surface area contributed by atoms with Crippen molar-refractivity contribution in [2.24, 2.45) is 0 Å². The first-order valence-electron chi connectivity index (χ1n) is 7.03. The van der Waals surface area contributed by atoms with Crippen LogP contribution < -0.4 is 4.74 Å². The molecule has 0 spiro atoms. The van der Waals surface area contributed by atoms with E-state index in [9.17, 15) is 5.11 Å². The number of rotatable bonds is 6. The van der Waals surface area contributed by atoms with Crippen molar-refractivity contribution in [1.29, 1.82) is 0 Å². The average Bonchev–Trinajstić information content (AvgIpc) is 2.93. The van der Waals surface area contributed by atoms with E-state index in [4.69, 9.17) is 4.74 Å². The minimum Gasteiger partial charge on any atom is -0.487 e. The molecule has 0 amide bonds. The van der Waals surface area contributed by atoms with Gasteiger partial charge in [0.2, 0.25) is 0 Å². The number of ether oxygens (including phenoxy) is 1. The van der Waals surface area contributed by atoms with Gasteiger partial charge in [-0.2, -0.15) is 0 Å². The molecule has 1 aromatic carbocycles. The van der Waals surface area contributed by atoms with Gasteiger partial charge >= 0.3 is 0 Å². The van der Waals surface area contributed by atoms with Crippen molar-refractivity contribution < 1.29 is 9.84 Å². The topological polar surface area (TPSA) is 47.3 Å². The smallest absolute Gasteiger partial charge is 0.130 e. The zero-order chi connectivity index (χ0) is 14.5. The zero-order valence-corrected chi connectivity index (χ0v) is 12.3. The summed E-state index contributed by atoms with van der Waals surface area (Å²) in [6.07, 6.45) is 3.97. The summed E-state index contributed by atoms with van der Waals surface area (Å²) in [5.41, 5.74) is 1.98. The molecule has 0 saturated carbocycles. The number of hydrogen-bond donors (Lipinski definition) is 1. The van der Waals surface area contributed by atoms with Crippen LogP contribution in [0.3, 0.4) is 0 Å². The highest BCUT2D eigenvalue weighted by atomic mass is 16.5. The lowest BCUT2D eigenvalue weighted by Gasteiger charge is -2.13. The van der Waals surface area contributed by atoms with Gasteiger partial charge in [0.1, 0.15) is 12.4 Å². The Bertz CT molecular complexity index is 532. The minimum absolute atomic E-state index is 0.373. The van der Waals surface area contributed by atoms with Crippen LogP contribution in [0.25, 0.3) is 0 Å². The summed E-state index contributed by atoms with van der Waals surface area (Å²) >= 11 is 0. The molecule has 108 valence electrons. The monoisotopic (exact) mass is 274 g/mol. The van der Waals surface area contributed by atoms with Gasteiger partial charge in [-0.15, -0.1) is 0 Å². The van der Waals surface area contributed by atoms with Crippen LogP contribution in [0.1, 0.15) is 50.6 Å². The van der Waals surface area contributed by atoms with E-state index in [1.165, 1.54) is 0 Å². The van der Waals surface area contributed by atoms with Crippen LogP contribution >= 0.6 is 0 Å². The van der Waals surface area contributed by atoms with Gasteiger partial charge in [0.05, 0.1) is 24.3 Å². The lowest BCUT2D eigenvalue weighted by molar-refractivity contribution is 0.173. The van der Waals surface area contributed by atoms with Crippen LogP contribution in [0.4, 0.5) is 0 Å². The van der Waals surface area contributed by atoms with E-state index in [-0.39, 0.29) is 0 Å². The van der Waals surface area contributed by atoms with Crippen LogP contribution in [0.2, 0.25) is 0 Å². The van der Waals surface area contributed by atoms with Crippen LogP contribution in [0.15, 0.2) is 36.8 Å². The molecule has 0 aliphatic rings. The molecule has 4 heteroatoms. The molecule has 20 heavy (non-hydrogen) atoms. The Labute approximate surface area is 120 Å². The quantitative estimate of drug-likeness (QED) is 0.877. The summed E-state index contributed by atoms with van der Waals surface area (Å²) < 4.78 is 7.86. The highest BCUT2D eigenvalue weighted by molar-refractivity contribution is 5.28. The predicted molar refractivity (Wildman–Crippen MR) is 78.6 cm³/mol. The standard InChI is InChI=1S/C16H22N2O2/c1-4-16(19)13-5-7-15(8-6-13)20-10-14-9-17-11-18(14)12(2)3/h5-9,11-12,16,19H,4,10H2,1-3H3/t16-/m1/s1. The van der Waals surface area contributed by atoms with E-state index < -0.39 is 6.10 Å². The number of aliphatic hydroxyl groups excluding tert-OH is 1. The Morgan fingerprint density at radius 3 is 2.55 bits per heavy atom. The van der Waals surface area contributed by atoms with Crippen molar-refractivity contribution >= 4 is 0 Å². The summed E-state index contributed by atoms with van der Waals surface area (Å²) in [6.45, 7) is 6.69. The van der Waals surface area contributed by atoms with Crippen molar-refractivity contribution in [3.8, 4) is 5.75 Å². The molecule has 1 heterocycles. The molecule has 4 nitrogen and oxygen atoms in total. The molecule has 2 aromatic rings. The van der Waals surface area contributed by atoms with E-state index in [1.807, 2.05) is 43.7 Å². The number of benzene rings is 1. The Morgan fingerprint density at radius 1 is 1.25 bits per heavy atom. The molecule has 0 aliphatic carbocycles. The van der Waals surface area contributed by atoms with Gasteiger partial charge in [-0.1, -0.05) is 19.1 Å². The first-order chi connectivity index (χ1) is 9.61. The molecule has 1 N–H and O–H groups in total. The lowest BCUT2D eigenvalue weighted by atomic mass is 10.1. The van der Waals surface area contributed by atoms with Crippen LogP contribution in [-0.4, -0.2) is 14.7 Å². The maximum Gasteiger partial charge on any atom is 0.130 e. The van der Waals surface area contributed by atoms with Crippen LogP contribution in [0, 0.1) is 0 Å². The molecule has 0 saturated heterocycles. The molecular formula is C16H22N2O2. The summed E-state index contributed by atoms with van der Waals surface area (Å²) in [4.78, 5) is 4.15. The number of imidazole rings is 1. The normalized spacial score (nSPS) is 12.7. The fourth-order valence-corrected chi connectivity index (χ4v) is 2.09. The van der Waals surface area contributed by atoms with Crippen molar-refractivity contribution in [3.63, 3.8) is 0 Å². The van der Waals surface area contributed by atoms with E-state index in [0.717, 1.165) is 17.0 Å². The van der Waals surface area contributed by atoms with Crippen LogP contribution in [-0.2, 0) is 6.61 Å². The fourth-order valence-electron chi connectivity index (χ4n) is 2.09. The van der Waals surface area contributed by atoms with E-state index in [0.29, 0.717) is 19.1 Å². The molecular weight excluding hydrogens is 252 g/mol. The Hall–Kier alpha value is -1.81. The van der Waals surface area contributed by atoms with Gasteiger partial charge in [0, 0.05) is 6.04 Å². The molecule has 0 unspecified atom stereocenters. The Balaban J connectivity index is 1.99. The molecule has 0 fully saturated rings. The molecule has 1 aromatic heterocycles. The zero-order valence-electron chi connectivity index (χ0n) is 12.3. The van der Waals surface area contributed by atoms with Crippen molar-refractivity contribution in [3.05, 3.63) is 48.0 Å². The van der Waals surface area contributed by atoms with Gasteiger partial charge in [-0.25, -0.2) is 4.98 Å². The second-order valence-electron chi connectivity index (χ2n) is 5.17. The van der Waals surface area contributed by atoms with Gasteiger partial charge in [0.25, 0.3) is 0 Å². The average molecular weight is 274 g/mol. The number of hydrogen-bond acceptors (Lipinski definition) is 3. The third-order valence-corrected chi connectivity index (χ3v) is 3.34. The molecule has 0 bridgehead atoms. The summed E-state index contributed by atoms with van der Waals surface area (Å²) in [6, 6.07) is 7.97. The summed E-state index contributed by atoms with van der Waals surface area (Å²) in [5.74, 6) is 0.800. The van der Waals surface area contributed by atoms with E-state index in [1.54, 1.807) is 0 Å². The first-order valence-corrected chi connectivity index (χ1v) is 7.03. The molecule has 1 atom stereocenters. The maximum atomic E-state index is 9.75. The van der Waals surface area contributed by atoms with Crippen molar-refractivity contribution in [1.82, 2.24) is 9.55 Å². The van der Waals surface area contributed by atoms with Gasteiger partial charge < -0.3 is 14.4 Å². The minimum atomic E-state index is -0.397. The highest BCUT2D eigenvalue weighted by Gasteiger charge is 2.07. The Kier molecular flexibility index (Phi) is 4.79. The SMILES string of the molecule is CC[C@@H](O)c1ccc(OCc2cncn2C(C)C)cc1. The second-order valence-corrected chi connectivity index (χ2v) is 5.17. The lowest BCUT2D eigenvalue weighted by Crippen LogP contribution is -2.07. The van der Waals surface area contributed by atoms with Gasteiger partial charge in [-0.3, -0.25) is 0 Å². The van der Waals surface area contributed by atoms with Crippen molar-refractivity contribution in [2.45, 2.75) is 45.9 Å². The summed E-state index contributed by atoms with van der Waals surface area (Å²) in [7, 11) is 0. The van der Waals surface area contributed by atoms with Gasteiger partial charge in [0.15, 0.2) is 0 Å². The fraction of sp³-hybridized carbons (Fsp3) is 0.438. The van der Waals surface area contributed by atoms with Crippen molar-refractivity contribution in [2.75, 3.05) is 0 Å². The van der Waals surface area contributed by atoms with Crippen LogP contribution in [0.5, 0.6) is 5.75 Å². The molecule has 0 radical (unpaired) electrons. The molecule has 2 rings (SSSR count). The number of aliphatic hydroxyl groups is 1. The highest BCUT2D eigenvalue weighted by Crippen LogP contribution is 2.20. The largest absolute Gasteiger partial charge is 0.487 e. The Morgan fingerprint density at radius 2 is 1.95 bits per heavy atom. The number of nitrogens with zero attached hydrogens (tertiary/aromatic N) is 2. The summed E-state index contributed by atoms with van der Waals surface area (Å²) in [5, 5.41) is 9.75. The third kappa shape index (κ3) is 3.39. The third-order valence-electron chi connectivity index (χ3n) is 3.34. The first kappa shape index (κ1) is 14.6. The number of aromatic nitrogens is 2.